The number of unbranched alkanes of at least 4 members (excludes halogenated alkanes) is 16. The van der Waals surface area contributed by atoms with Crippen molar-refractivity contribution in [3.63, 3.8) is 0 Å². The Hall–Kier alpha value is -4.91. The summed E-state index contributed by atoms with van der Waals surface area (Å²) >= 11 is 0. The number of ether oxygens (including phenoxy) is 6. The van der Waals surface area contributed by atoms with Gasteiger partial charge in [-0.3, -0.25) is 19.1 Å². The second-order valence-electron chi connectivity index (χ2n) is 20.2. The molecular weight excluding hydrogens is 984 g/mol. The number of nitriles is 1. The van der Waals surface area contributed by atoms with Crippen LogP contribution in [0.1, 0.15) is 173 Å². The van der Waals surface area contributed by atoms with Crippen LogP contribution in [0.2, 0.25) is 0 Å². The van der Waals surface area contributed by atoms with Crippen molar-refractivity contribution in [2.45, 2.75) is 192 Å². The number of benzene rings is 3. The smallest absolute Gasteiger partial charge is 0.330 e. The SMILES string of the molecule is COC(=O)CCCCCCCCCCCCCCCCCCCO[C@@H]1[C@H](OP(OCCC#N)N(C(C)C)C(C)C)[C@@H](COC(c2ccccc2)(c2ccc(OC)cc2)c2ccc(OC)cc2)O[C@H]1n1ccc(=O)[nH]c1=O. The topological polar surface area (TPSA) is 173 Å². The Morgan fingerprint density at radius 2 is 1.18 bits per heavy atom. The quantitative estimate of drug-likeness (QED) is 0.0195. The monoisotopic (exact) mass is 1070 g/mol. The van der Waals surface area contributed by atoms with Crippen molar-refractivity contribution in [3.05, 3.63) is 129 Å². The lowest BCUT2D eigenvalue weighted by Gasteiger charge is -2.39. The van der Waals surface area contributed by atoms with Gasteiger partial charge < -0.3 is 37.5 Å². The summed E-state index contributed by atoms with van der Waals surface area (Å²) in [4.78, 5) is 39.9. The Balaban J connectivity index is 1.33. The van der Waals surface area contributed by atoms with E-state index in [0.717, 1.165) is 55.2 Å². The molecular formula is C60H87N4O11P. The van der Waals surface area contributed by atoms with E-state index < -0.39 is 49.9 Å². The van der Waals surface area contributed by atoms with E-state index in [0.29, 0.717) is 24.5 Å². The van der Waals surface area contributed by atoms with Crippen molar-refractivity contribution in [1.29, 1.82) is 5.26 Å². The summed E-state index contributed by atoms with van der Waals surface area (Å²) in [6.07, 6.45) is 18.5. The van der Waals surface area contributed by atoms with Crippen LogP contribution in [0.15, 0.2) is 101 Å². The third-order valence-electron chi connectivity index (χ3n) is 14.0. The third kappa shape index (κ3) is 18.9. The average Bonchev–Trinajstić information content (AvgIpc) is 3.78. The summed E-state index contributed by atoms with van der Waals surface area (Å²) < 4.78 is 54.5. The van der Waals surface area contributed by atoms with Gasteiger partial charge in [-0.05, 0) is 81.5 Å². The first-order valence-electron chi connectivity index (χ1n) is 27.9. The van der Waals surface area contributed by atoms with Crippen LogP contribution in [0.4, 0.5) is 0 Å². The second-order valence-corrected chi connectivity index (χ2v) is 21.6. The molecule has 0 aliphatic carbocycles. The highest BCUT2D eigenvalue weighted by Crippen LogP contribution is 2.51. The molecule has 418 valence electrons. The fraction of sp³-hybridized carbons (Fsp3) is 0.600. The minimum Gasteiger partial charge on any atom is -0.497 e. The lowest BCUT2D eigenvalue weighted by molar-refractivity contribution is -0.140. The zero-order valence-corrected chi connectivity index (χ0v) is 47.4. The summed E-state index contributed by atoms with van der Waals surface area (Å²) in [6, 6.07) is 29.1. The molecule has 0 saturated carbocycles. The van der Waals surface area contributed by atoms with Crippen molar-refractivity contribution in [2.24, 2.45) is 0 Å². The van der Waals surface area contributed by atoms with Crippen molar-refractivity contribution in [3.8, 4) is 17.6 Å². The molecule has 0 amide bonds. The number of hydrogen-bond acceptors (Lipinski definition) is 13. The van der Waals surface area contributed by atoms with Gasteiger partial charge in [0.15, 0.2) is 6.23 Å². The normalized spacial score (nSPS) is 17.1. The summed E-state index contributed by atoms with van der Waals surface area (Å²) in [5.41, 5.74) is 0.136. The summed E-state index contributed by atoms with van der Waals surface area (Å²) in [7, 11) is 2.90. The van der Waals surface area contributed by atoms with Gasteiger partial charge in [0, 0.05) is 37.4 Å². The molecule has 76 heavy (non-hydrogen) atoms. The number of esters is 1. The number of rotatable bonds is 38. The maximum atomic E-state index is 13.7. The Morgan fingerprint density at radius 1 is 0.684 bits per heavy atom. The van der Waals surface area contributed by atoms with Gasteiger partial charge in [0.1, 0.15) is 35.4 Å². The van der Waals surface area contributed by atoms with Crippen LogP contribution in [0.5, 0.6) is 11.5 Å². The molecule has 1 N–H and O–H groups in total. The first-order chi connectivity index (χ1) is 37.0. The van der Waals surface area contributed by atoms with Crippen molar-refractivity contribution < 1.29 is 42.3 Å². The molecule has 0 bridgehead atoms. The van der Waals surface area contributed by atoms with Gasteiger partial charge in [0.25, 0.3) is 14.1 Å². The van der Waals surface area contributed by atoms with Gasteiger partial charge in [0.05, 0.1) is 47.0 Å². The number of nitrogens with one attached hydrogen (secondary N) is 1. The molecule has 1 aromatic heterocycles. The van der Waals surface area contributed by atoms with Gasteiger partial charge >= 0.3 is 11.7 Å². The van der Waals surface area contributed by atoms with E-state index >= 15 is 0 Å². The Morgan fingerprint density at radius 3 is 1.66 bits per heavy atom. The average molecular weight is 1070 g/mol. The number of H-pyrrole nitrogens is 1. The first kappa shape index (κ1) is 61.9. The molecule has 15 nitrogen and oxygen atoms in total. The van der Waals surface area contributed by atoms with E-state index in [-0.39, 0.29) is 37.7 Å². The molecule has 1 aliphatic rings. The largest absolute Gasteiger partial charge is 0.497 e. The van der Waals surface area contributed by atoms with Crippen molar-refractivity contribution in [2.75, 3.05) is 41.2 Å². The number of nitrogens with zero attached hydrogens (tertiary/aromatic N) is 3. The van der Waals surface area contributed by atoms with Crippen LogP contribution in [-0.4, -0.2) is 91.7 Å². The highest BCUT2D eigenvalue weighted by atomic mass is 31.2. The van der Waals surface area contributed by atoms with Crippen LogP contribution in [0, 0.1) is 11.3 Å². The number of carbonyl (C=O) groups excluding carboxylic acids is 1. The maximum absolute atomic E-state index is 13.7. The molecule has 0 radical (unpaired) electrons. The summed E-state index contributed by atoms with van der Waals surface area (Å²) in [5.74, 6) is 1.27. The van der Waals surface area contributed by atoms with E-state index in [2.05, 4.69) is 43.4 Å². The van der Waals surface area contributed by atoms with Gasteiger partial charge in [-0.25, -0.2) is 9.46 Å². The molecule has 5 rings (SSSR count). The first-order valence-corrected chi connectivity index (χ1v) is 29.0. The number of hydrogen-bond donors (Lipinski definition) is 1. The van der Waals surface area contributed by atoms with Gasteiger partial charge in [-0.1, -0.05) is 151 Å². The van der Waals surface area contributed by atoms with E-state index in [9.17, 15) is 19.6 Å². The van der Waals surface area contributed by atoms with E-state index in [1.54, 1.807) is 14.2 Å². The molecule has 1 fully saturated rings. The van der Waals surface area contributed by atoms with E-state index in [1.165, 1.54) is 94.6 Å². The fourth-order valence-corrected chi connectivity index (χ4v) is 11.8. The maximum Gasteiger partial charge on any atom is 0.330 e. The standard InChI is InChI=1S/C60H87N4O11P/c1-46(2)64(47(3)4)76(73-44-28-41-61)75-56-53(45-72-60(48-29-24-23-25-30-48,49-32-36-51(68-5)37-33-49)50-34-38-52(69-6)39-35-50)74-58(63-42-40-54(65)62-59(63)67)57(56)71-43-27-22-20-18-16-14-12-10-8-9-11-13-15-17-19-21-26-31-55(66)70-7/h23-25,29-30,32-40,42,46-47,53,56-58H,8-22,26-28,31,43-45H2,1-7H3,(H,62,65,67)/t53-,56-,57-,58-,76?/m1/s1. The lowest BCUT2D eigenvalue weighted by Crippen LogP contribution is -2.43. The summed E-state index contributed by atoms with van der Waals surface area (Å²) in [6.45, 7) is 8.81. The van der Waals surface area contributed by atoms with E-state index in [4.69, 9.17) is 37.5 Å². The fourth-order valence-electron chi connectivity index (χ4n) is 10.0. The molecule has 2 heterocycles. The predicted molar refractivity (Wildman–Crippen MR) is 298 cm³/mol. The molecule has 0 spiro atoms. The van der Waals surface area contributed by atoms with Crippen LogP contribution in [0.3, 0.4) is 0 Å². The molecule has 1 aliphatic heterocycles. The minimum absolute atomic E-state index is 0.00152. The number of aromatic amines is 1. The Kier molecular flexibility index (Phi) is 27.8. The lowest BCUT2D eigenvalue weighted by atomic mass is 9.80. The van der Waals surface area contributed by atoms with E-state index in [1.807, 2.05) is 78.9 Å². The Bertz CT molecular complexity index is 2340. The minimum atomic E-state index is -1.82. The van der Waals surface area contributed by atoms with Crippen molar-refractivity contribution >= 4 is 14.5 Å². The highest BCUT2D eigenvalue weighted by Gasteiger charge is 2.51. The zero-order chi connectivity index (χ0) is 54.5. The van der Waals surface area contributed by atoms with Gasteiger partial charge in [-0.2, -0.15) is 5.26 Å². The van der Waals surface area contributed by atoms with Gasteiger partial charge in [-0.15, -0.1) is 0 Å². The van der Waals surface area contributed by atoms with Crippen LogP contribution >= 0.6 is 8.53 Å². The molecule has 4 aromatic rings. The van der Waals surface area contributed by atoms with Crippen LogP contribution in [0.25, 0.3) is 0 Å². The van der Waals surface area contributed by atoms with Crippen LogP contribution in [-0.2, 0) is 38.4 Å². The molecule has 1 unspecified atom stereocenters. The molecule has 3 aromatic carbocycles. The summed E-state index contributed by atoms with van der Waals surface area (Å²) in [5, 5.41) is 9.58. The Labute approximate surface area is 453 Å². The number of methoxy groups -OCH3 is 3. The second kappa shape index (κ2) is 34.1. The molecule has 16 heteroatoms. The van der Waals surface area contributed by atoms with Crippen LogP contribution < -0.4 is 20.7 Å². The highest BCUT2D eigenvalue weighted by molar-refractivity contribution is 7.44. The third-order valence-corrected chi connectivity index (χ3v) is 16.1. The predicted octanol–water partition coefficient (Wildman–Crippen LogP) is 12.7. The number of carbonyl (C=O) groups is 1. The molecule has 1 saturated heterocycles. The van der Waals surface area contributed by atoms with Gasteiger partial charge in [0.2, 0.25) is 0 Å². The molecule has 5 atom stereocenters. The zero-order valence-electron chi connectivity index (χ0n) is 46.5. The number of aromatic nitrogens is 2. The van der Waals surface area contributed by atoms with Crippen molar-refractivity contribution in [1.82, 2.24) is 14.2 Å².